The molecule has 0 aromatic rings. The van der Waals surface area contributed by atoms with Gasteiger partial charge in [0.2, 0.25) is 0 Å². The van der Waals surface area contributed by atoms with Crippen molar-refractivity contribution in [3.8, 4) is 0 Å². The van der Waals surface area contributed by atoms with E-state index in [2.05, 4.69) is 0 Å². The molecule has 0 radical (unpaired) electrons. The quantitative estimate of drug-likeness (QED) is 0.130. The number of esters is 5. The van der Waals surface area contributed by atoms with Crippen LogP contribution in [0.4, 0.5) is 0 Å². The number of hydrogen-bond acceptors (Lipinski definition) is 13. The smallest absolute Gasteiger partial charge is 0.342 e. The summed E-state index contributed by atoms with van der Waals surface area (Å²) < 4.78 is 34.9. The topological polar surface area (TPSA) is 184 Å². The van der Waals surface area contributed by atoms with E-state index >= 15 is 0 Å². The molecule has 0 aromatic heterocycles. The van der Waals surface area contributed by atoms with Crippen LogP contribution in [0.5, 0.6) is 0 Å². The van der Waals surface area contributed by atoms with E-state index in [-0.39, 0.29) is 12.0 Å². The highest BCUT2D eigenvalue weighted by atomic mass is 16.7. The molecule has 45 heavy (non-hydrogen) atoms. The van der Waals surface area contributed by atoms with E-state index in [0.717, 1.165) is 33.6 Å². The summed E-state index contributed by atoms with van der Waals surface area (Å²) in [7, 11) is 0. The molecule has 2 fully saturated rings. The zero-order chi connectivity index (χ0) is 33.7. The lowest BCUT2D eigenvalue weighted by Crippen LogP contribution is -2.69. The predicted molar refractivity (Wildman–Crippen MR) is 154 cm³/mol. The van der Waals surface area contributed by atoms with Gasteiger partial charge >= 0.3 is 29.8 Å². The zero-order valence-corrected chi connectivity index (χ0v) is 27.0. The summed E-state index contributed by atoms with van der Waals surface area (Å²) in [5, 5.41) is 24.3. The average Bonchev–Trinajstić information content (AvgIpc) is 3.51. The zero-order valence-electron chi connectivity index (χ0n) is 27.0. The van der Waals surface area contributed by atoms with E-state index < -0.39 is 94.6 Å². The Labute approximate surface area is 262 Å². The first-order valence-electron chi connectivity index (χ1n) is 15.3. The second-order valence-electron chi connectivity index (χ2n) is 13.0. The van der Waals surface area contributed by atoms with Crippen molar-refractivity contribution in [1.29, 1.82) is 0 Å². The second-order valence-corrected chi connectivity index (χ2v) is 13.0. The summed E-state index contributed by atoms with van der Waals surface area (Å²) in [6.07, 6.45) is -2.05. The fourth-order valence-electron chi connectivity index (χ4n) is 7.42. The summed E-state index contributed by atoms with van der Waals surface area (Å²) in [4.78, 5) is 63.7. The van der Waals surface area contributed by atoms with Crippen LogP contribution in [0.1, 0.15) is 81.1 Å². The van der Waals surface area contributed by atoms with Crippen LogP contribution in [0.2, 0.25) is 0 Å². The van der Waals surface area contributed by atoms with Crippen LogP contribution in [-0.4, -0.2) is 93.5 Å². The standard InChI is InChI=1S/C32H44O13/c1-9-10-11-12-22(36)44-24-16(2)15-21-32(31(8,45-32)28(38)43-21)27(42-19(5)35)25-29(6,26(23(24)37)41-18(4)34)14-13-20(30(25,7)39)40-17(3)33/h13-15,20-21,23-27,37,39H,9-12H2,1-8H3. The first-order valence-corrected chi connectivity index (χ1v) is 15.3. The molecule has 0 amide bonds. The van der Waals surface area contributed by atoms with Crippen LogP contribution in [0.3, 0.4) is 0 Å². The highest BCUT2D eigenvalue weighted by Crippen LogP contribution is 2.65. The van der Waals surface area contributed by atoms with Crippen molar-refractivity contribution >= 4 is 29.8 Å². The number of aliphatic hydroxyl groups excluding tert-OH is 1. The first kappa shape index (κ1) is 34.6. The summed E-state index contributed by atoms with van der Waals surface area (Å²) in [6, 6.07) is 0. The van der Waals surface area contributed by atoms with Crippen molar-refractivity contribution in [3.63, 3.8) is 0 Å². The molecular formula is C32H44O13. The SMILES string of the molecule is CCCCCC(=O)OC1C(C)=CC2OC(=O)C3(C)OC23C(OC(C)=O)C2C(C)(O)C(OC(C)=O)C=CC2(C)C(OC(C)=O)C1O. The van der Waals surface area contributed by atoms with Crippen LogP contribution < -0.4 is 0 Å². The van der Waals surface area contributed by atoms with Gasteiger partial charge in [-0.15, -0.1) is 0 Å². The van der Waals surface area contributed by atoms with E-state index in [1.807, 2.05) is 6.92 Å². The largest absolute Gasteiger partial charge is 0.459 e. The molecule has 11 atom stereocenters. The molecule has 2 saturated heterocycles. The van der Waals surface area contributed by atoms with E-state index in [1.54, 1.807) is 13.8 Å². The minimum absolute atomic E-state index is 0.0687. The number of carbonyl (C=O) groups is 5. The van der Waals surface area contributed by atoms with Gasteiger partial charge in [-0.1, -0.05) is 32.8 Å². The number of rotatable bonds is 8. The van der Waals surface area contributed by atoms with E-state index in [1.165, 1.54) is 32.1 Å². The fourth-order valence-corrected chi connectivity index (χ4v) is 7.42. The molecule has 2 heterocycles. The van der Waals surface area contributed by atoms with Crippen LogP contribution in [0.25, 0.3) is 0 Å². The molecule has 2 aliphatic carbocycles. The molecule has 13 heteroatoms. The number of fused-ring (bicyclic) bond motifs is 1. The fraction of sp³-hybridized carbons (Fsp3) is 0.719. The molecule has 0 saturated carbocycles. The number of epoxide rings is 1. The molecule has 0 aromatic carbocycles. The van der Waals surface area contributed by atoms with Crippen LogP contribution in [0.15, 0.2) is 23.8 Å². The molecule has 4 rings (SSSR count). The molecule has 250 valence electrons. The lowest BCUT2D eigenvalue weighted by molar-refractivity contribution is -0.230. The predicted octanol–water partition coefficient (Wildman–Crippen LogP) is 1.99. The Morgan fingerprint density at radius 3 is 2.09 bits per heavy atom. The number of unbranched alkanes of at least 4 members (excludes halogenated alkanes) is 2. The van der Waals surface area contributed by atoms with Gasteiger partial charge in [-0.3, -0.25) is 19.2 Å². The van der Waals surface area contributed by atoms with Gasteiger partial charge in [-0.25, -0.2) is 4.79 Å². The maximum absolute atomic E-state index is 13.3. The summed E-state index contributed by atoms with van der Waals surface area (Å²) in [5.41, 5.74) is -6.81. The molecule has 13 nitrogen and oxygen atoms in total. The molecule has 4 aliphatic rings. The van der Waals surface area contributed by atoms with Gasteiger partial charge in [0.15, 0.2) is 23.4 Å². The summed E-state index contributed by atoms with van der Waals surface area (Å²) >= 11 is 0. The Morgan fingerprint density at radius 1 is 0.933 bits per heavy atom. The second kappa shape index (κ2) is 12.1. The molecule has 11 unspecified atom stereocenters. The molecule has 2 N–H and O–H groups in total. The maximum Gasteiger partial charge on any atom is 0.342 e. The van der Waals surface area contributed by atoms with Crippen molar-refractivity contribution in [3.05, 3.63) is 23.8 Å². The average molecular weight is 637 g/mol. The van der Waals surface area contributed by atoms with Crippen molar-refractivity contribution < 1.29 is 62.6 Å². The minimum Gasteiger partial charge on any atom is -0.459 e. The van der Waals surface area contributed by atoms with Gasteiger partial charge in [-0.05, 0) is 44.9 Å². The Bertz CT molecular complexity index is 1300. The van der Waals surface area contributed by atoms with Crippen molar-refractivity contribution in [2.45, 2.75) is 135 Å². The summed E-state index contributed by atoms with van der Waals surface area (Å²) in [6.45, 7) is 11.4. The third-order valence-corrected chi connectivity index (χ3v) is 9.57. The van der Waals surface area contributed by atoms with E-state index in [9.17, 15) is 34.2 Å². The van der Waals surface area contributed by atoms with Crippen molar-refractivity contribution in [2.75, 3.05) is 0 Å². The molecule has 2 aliphatic heterocycles. The number of ether oxygens (including phenoxy) is 6. The van der Waals surface area contributed by atoms with Gasteiger partial charge in [-0.2, -0.15) is 0 Å². The Morgan fingerprint density at radius 2 is 1.53 bits per heavy atom. The van der Waals surface area contributed by atoms with Gasteiger partial charge in [0.1, 0.15) is 30.0 Å². The number of carbonyl (C=O) groups excluding carboxylic acids is 5. The van der Waals surface area contributed by atoms with Gasteiger partial charge < -0.3 is 38.6 Å². The van der Waals surface area contributed by atoms with Gasteiger partial charge in [0.05, 0.1) is 0 Å². The Kier molecular flexibility index (Phi) is 9.33. The summed E-state index contributed by atoms with van der Waals surface area (Å²) in [5.74, 6) is -5.05. The monoisotopic (exact) mass is 636 g/mol. The van der Waals surface area contributed by atoms with Crippen LogP contribution in [-0.2, 0) is 52.4 Å². The third kappa shape index (κ3) is 5.78. The maximum atomic E-state index is 13.3. The van der Waals surface area contributed by atoms with Crippen molar-refractivity contribution in [2.24, 2.45) is 11.3 Å². The Hall–Kier alpha value is -3.29. The van der Waals surface area contributed by atoms with Gasteiger partial charge in [0, 0.05) is 38.5 Å². The molecular weight excluding hydrogens is 592 g/mol. The number of hydrogen-bond donors (Lipinski definition) is 2. The first-order chi connectivity index (χ1) is 20.9. The van der Waals surface area contributed by atoms with E-state index in [4.69, 9.17) is 28.4 Å². The van der Waals surface area contributed by atoms with Crippen LogP contribution >= 0.6 is 0 Å². The lowest BCUT2D eigenvalue weighted by Gasteiger charge is -2.55. The van der Waals surface area contributed by atoms with Crippen molar-refractivity contribution in [1.82, 2.24) is 0 Å². The molecule has 1 spiro atoms. The lowest BCUT2D eigenvalue weighted by atomic mass is 9.55. The van der Waals surface area contributed by atoms with E-state index in [0.29, 0.717) is 6.42 Å². The third-order valence-electron chi connectivity index (χ3n) is 9.57. The highest BCUT2D eigenvalue weighted by molar-refractivity contribution is 5.89. The van der Waals surface area contributed by atoms with Gasteiger partial charge in [0.25, 0.3) is 0 Å². The Balaban J connectivity index is 2.01. The van der Waals surface area contributed by atoms with Crippen LogP contribution in [0, 0.1) is 11.3 Å². The number of aliphatic hydroxyl groups is 2. The minimum atomic E-state index is -2.09. The highest BCUT2D eigenvalue weighted by Gasteiger charge is 2.88. The normalized spacial score (nSPS) is 41.7. The molecule has 0 bridgehead atoms.